The van der Waals surface area contributed by atoms with Crippen LogP contribution in [0, 0.1) is 5.92 Å². The van der Waals surface area contributed by atoms with Crippen LogP contribution < -0.4 is 10.6 Å². The molecule has 0 spiro atoms. The average molecular weight is 440 g/mol. The van der Waals surface area contributed by atoms with E-state index in [1.165, 1.54) is 25.7 Å². The Kier molecular flexibility index (Phi) is 12.3. The lowest BCUT2D eigenvalue weighted by atomic mass is 9.75. The number of hydrogen-bond donors (Lipinski definition) is 2. The molecule has 0 aliphatic heterocycles. The van der Waals surface area contributed by atoms with E-state index < -0.39 is 0 Å². The molecule has 0 aromatic carbocycles. The van der Waals surface area contributed by atoms with Gasteiger partial charge in [0.25, 0.3) is 0 Å². The van der Waals surface area contributed by atoms with Crippen LogP contribution in [0.1, 0.15) is 46.5 Å². The maximum Gasteiger partial charge on any atom is 0.191 e. The van der Waals surface area contributed by atoms with E-state index in [2.05, 4.69) is 43.5 Å². The van der Waals surface area contributed by atoms with E-state index in [0.717, 1.165) is 44.7 Å². The number of rotatable bonds is 8. The Hall–Kier alpha value is -0.0800. The number of likely N-dealkylation sites (N-methyl/N-ethyl adjacent to an activating group) is 1. The number of nitrogens with one attached hydrogen (secondary N) is 2. The molecular formula is C17H37IN4O. The van der Waals surface area contributed by atoms with Gasteiger partial charge in [0.2, 0.25) is 0 Å². The van der Waals surface area contributed by atoms with Crippen molar-refractivity contribution in [2.45, 2.75) is 52.0 Å². The van der Waals surface area contributed by atoms with Crippen molar-refractivity contribution in [1.29, 1.82) is 0 Å². The average Bonchev–Trinajstić information content (AvgIpc) is 2.49. The van der Waals surface area contributed by atoms with Crippen LogP contribution in [0.15, 0.2) is 4.99 Å². The Morgan fingerprint density at radius 1 is 1.30 bits per heavy atom. The number of halogens is 1. The molecule has 1 aliphatic rings. The highest BCUT2D eigenvalue weighted by atomic mass is 127. The molecular weight excluding hydrogens is 403 g/mol. The SMILES string of the molecule is CCNC(=NCC1(N(C)C)CCCC(C)C1)NCCOCC.I. The van der Waals surface area contributed by atoms with Gasteiger partial charge in [0.1, 0.15) is 0 Å². The van der Waals surface area contributed by atoms with Crippen molar-refractivity contribution in [3.05, 3.63) is 0 Å². The summed E-state index contributed by atoms with van der Waals surface area (Å²) in [6, 6.07) is 0. The fourth-order valence-electron chi connectivity index (χ4n) is 3.28. The number of hydrogen-bond acceptors (Lipinski definition) is 3. The van der Waals surface area contributed by atoms with Gasteiger partial charge in [-0.1, -0.05) is 19.8 Å². The predicted octanol–water partition coefficient (Wildman–Crippen LogP) is 2.71. The number of ether oxygens (including phenoxy) is 1. The smallest absolute Gasteiger partial charge is 0.191 e. The fraction of sp³-hybridized carbons (Fsp3) is 0.941. The number of nitrogens with zero attached hydrogens (tertiary/aromatic N) is 2. The van der Waals surface area contributed by atoms with Crippen molar-refractivity contribution in [2.75, 3.05) is 46.9 Å². The molecule has 0 aromatic heterocycles. The third kappa shape index (κ3) is 8.03. The van der Waals surface area contributed by atoms with E-state index in [9.17, 15) is 0 Å². The van der Waals surface area contributed by atoms with Gasteiger partial charge in [0.05, 0.1) is 13.2 Å². The Balaban J connectivity index is 0.00000484. The van der Waals surface area contributed by atoms with Crippen LogP contribution in [0.5, 0.6) is 0 Å². The summed E-state index contributed by atoms with van der Waals surface area (Å²) in [7, 11) is 4.39. The first kappa shape index (κ1) is 22.9. The summed E-state index contributed by atoms with van der Waals surface area (Å²) in [5.41, 5.74) is 0.208. The minimum absolute atomic E-state index is 0. The topological polar surface area (TPSA) is 48.9 Å². The van der Waals surface area contributed by atoms with Crippen LogP contribution in [0.4, 0.5) is 0 Å². The van der Waals surface area contributed by atoms with Gasteiger partial charge in [-0.05, 0) is 46.7 Å². The van der Waals surface area contributed by atoms with Gasteiger partial charge in [-0.2, -0.15) is 0 Å². The molecule has 1 aliphatic carbocycles. The molecule has 1 saturated carbocycles. The summed E-state index contributed by atoms with van der Waals surface area (Å²) in [6.07, 6.45) is 5.14. The second-order valence-electron chi connectivity index (χ2n) is 6.64. The minimum Gasteiger partial charge on any atom is -0.380 e. The fourth-order valence-corrected chi connectivity index (χ4v) is 3.28. The van der Waals surface area contributed by atoms with Crippen molar-refractivity contribution in [2.24, 2.45) is 10.9 Å². The summed E-state index contributed by atoms with van der Waals surface area (Å²) < 4.78 is 5.38. The second-order valence-corrected chi connectivity index (χ2v) is 6.64. The second kappa shape index (κ2) is 12.3. The minimum atomic E-state index is 0. The van der Waals surface area contributed by atoms with Crippen molar-refractivity contribution in [3.63, 3.8) is 0 Å². The molecule has 0 heterocycles. The molecule has 0 saturated heterocycles. The number of guanidine groups is 1. The highest BCUT2D eigenvalue weighted by Crippen LogP contribution is 2.35. The van der Waals surface area contributed by atoms with E-state index >= 15 is 0 Å². The summed E-state index contributed by atoms with van der Waals surface area (Å²) in [5.74, 6) is 1.70. The summed E-state index contributed by atoms with van der Waals surface area (Å²) in [6.45, 7) is 10.5. The maximum absolute atomic E-state index is 5.38. The van der Waals surface area contributed by atoms with Gasteiger partial charge in [-0.15, -0.1) is 24.0 Å². The van der Waals surface area contributed by atoms with Crippen molar-refractivity contribution in [1.82, 2.24) is 15.5 Å². The first-order chi connectivity index (χ1) is 10.5. The third-order valence-electron chi connectivity index (χ3n) is 4.63. The van der Waals surface area contributed by atoms with Crippen LogP contribution in [-0.4, -0.2) is 63.3 Å². The molecule has 2 N–H and O–H groups in total. The Labute approximate surface area is 160 Å². The van der Waals surface area contributed by atoms with E-state index in [0.29, 0.717) is 0 Å². The van der Waals surface area contributed by atoms with Gasteiger partial charge < -0.3 is 20.3 Å². The molecule has 1 rings (SSSR count). The molecule has 0 aromatic rings. The Bertz CT molecular complexity index is 339. The first-order valence-corrected chi connectivity index (χ1v) is 8.81. The molecule has 2 atom stereocenters. The molecule has 6 heteroatoms. The van der Waals surface area contributed by atoms with Crippen LogP contribution in [0.2, 0.25) is 0 Å². The summed E-state index contributed by atoms with van der Waals surface area (Å²) in [5, 5.41) is 6.69. The molecule has 138 valence electrons. The zero-order chi connectivity index (χ0) is 16.4. The molecule has 2 unspecified atom stereocenters. The first-order valence-electron chi connectivity index (χ1n) is 8.81. The molecule has 5 nitrogen and oxygen atoms in total. The van der Waals surface area contributed by atoms with Gasteiger partial charge >= 0.3 is 0 Å². The Morgan fingerprint density at radius 3 is 2.61 bits per heavy atom. The van der Waals surface area contributed by atoms with Crippen LogP contribution in [-0.2, 0) is 4.74 Å². The van der Waals surface area contributed by atoms with E-state index in [4.69, 9.17) is 9.73 Å². The number of aliphatic imine (C=N–C) groups is 1. The largest absolute Gasteiger partial charge is 0.380 e. The van der Waals surface area contributed by atoms with Gasteiger partial charge in [-0.3, -0.25) is 4.99 Å². The van der Waals surface area contributed by atoms with Crippen LogP contribution in [0.25, 0.3) is 0 Å². The van der Waals surface area contributed by atoms with Crippen molar-refractivity contribution < 1.29 is 4.74 Å². The van der Waals surface area contributed by atoms with E-state index in [1.54, 1.807) is 0 Å². The third-order valence-corrected chi connectivity index (χ3v) is 4.63. The van der Waals surface area contributed by atoms with Gasteiger partial charge in [0, 0.05) is 25.2 Å². The standard InChI is InChI=1S/C17H36N4O.HI/c1-6-18-16(19-11-12-22-7-2)20-14-17(21(4)5)10-8-9-15(3)13-17;/h15H,6-14H2,1-5H3,(H2,18,19,20);1H. The van der Waals surface area contributed by atoms with Gasteiger partial charge in [-0.25, -0.2) is 0 Å². The summed E-state index contributed by atoms with van der Waals surface area (Å²) in [4.78, 5) is 7.24. The molecule has 23 heavy (non-hydrogen) atoms. The van der Waals surface area contributed by atoms with E-state index in [1.807, 2.05) is 6.92 Å². The maximum atomic E-state index is 5.38. The quantitative estimate of drug-likeness (QED) is 0.264. The lowest BCUT2D eigenvalue weighted by Crippen LogP contribution is -2.51. The highest BCUT2D eigenvalue weighted by Gasteiger charge is 2.36. The molecule has 0 bridgehead atoms. The lowest BCUT2D eigenvalue weighted by molar-refractivity contribution is 0.0844. The van der Waals surface area contributed by atoms with Gasteiger partial charge in [0.15, 0.2) is 5.96 Å². The lowest BCUT2D eigenvalue weighted by Gasteiger charge is -2.44. The van der Waals surface area contributed by atoms with E-state index in [-0.39, 0.29) is 29.5 Å². The highest BCUT2D eigenvalue weighted by molar-refractivity contribution is 14.0. The zero-order valence-electron chi connectivity index (χ0n) is 15.7. The summed E-state index contributed by atoms with van der Waals surface area (Å²) >= 11 is 0. The molecule has 0 amide bonds. The van der Waals surface area contributed by atoms with Crippen LogP contribution >= 0.6 is 24.0 Å². The zero-order valence-corrected chi connectivity index (χ0v) is 18.0. The molecule has 0 radical (unpaired) electrons. The van der Waals surface area contributed by atoms with Crippen molar-refractivity contribution >= 4 is 29.9 Å². The predicted molar refractivity (Wildman–Crippen MR) is 110 cm³/mol. The molecule has 1 fully saturated rings. The normalized spacial score (nSPS) is 25.1. The van der Waals surface area contributed by atoms with Crippen molar-refractivity contribution in [3.8, 4) is 0 Å². The Morgan fingerprint density at radius 2 is 2.04 bits per heavy atom. The van der Waals surface area contributed by atoms with Crippen LogP contribution in [0.3, 0.4) is 0 Å². The monoisotopic (exact) mass is 440 g/mol.